The van der Waals surface area contributed by atoms with E-state index in [1.54, 1.807) is 0 Å². The molecule has 0 bridgehead atoms. The SMILES string of the molecule is CCn1c(CC(N)CC2CCOC2)nc2ccccc21. The lowest BCUT2D eigenvalue weighted by Crippen LogP contribution is -2.27. The standard InChI is InChI=1S/C16H23N3O/c1-2-19-15-6-4-3-5-14(15)18-16(19)10-13(17)9-12-7-8-20-11-12/h3-6,12-13H,2,7-11,17H2,1H3. The van der Waals surface area contributed by atoms with Crippen LogP contribution in [-0.4, -0.2) is 28.8 Å². The second kappa shape index (κ2) is 5.94. The minimum atomic E-state index is 0.170. The van der Waals surface area contributed by atoms with E-state index in [1.165, 1.54) is 5.52 Å². The summed E-state index contributed by atoms with van der Waals surface area (Å²) in [6.07, 6.45) is 3.03. The van der Waals surface area contributed by atoms with Gasteiger partial charge in [-0.25, -0.2) is 4.98 Å². The van der Waals surface area contributed by atoms with Crippen molar-refractivity contribution in [1.82, 2.24) is 9.55 Å². The molecule has 0 amide bonds. The fraction of sp³-hybridized carbons (Fsp3) is 0.562. The van der Waals surface area contributed by atoms with Crippen LogP contribution in [0.25, 0.3) is 11.0 Å². The Balaban J connectivity index is 1.75. The monoisotopic (exact) mass is 273 g/mol. The Labute approximate surface area is 119 Å². The summed E-state index contributed by atoms with van der Waals surface area (Å²) in [5, 5.41) is 0. The summed E-state index contributed by atoms with van der Waals surface area (Å²) in [7, 11) is 0. The Morgan fingerprint density at radius 3 is 3.05 bits per heavy atom. The third-order valence-electron chi connectivity index (χ3n) is 4.15. The summed E-state index contributed by atoms with van der Waals surface area (Å²) < 4.78 is 7.70. The van der Waals surface area contributed by atoms with E-state index >= 15 is 0 Å². The van der Waals surface area contributed by atoms with Crippen molar-refractivity contribution in [2.75, 3.05) is 13.2 Å². The van der Waals surface area contributed by atoms with Gasteiger partial charge in [-0.15, -0.1) is 0 Å². The van der Waals surface area contributed by atoms with Crippen molar-refractivity contribution in [2.24, 2.45) is 11.7 Å². The Morgan fingerprint density at radius 2 is 2.30 bits per heavy atom. The zero-order chi connectivity index (χ0) is 13.9. The van der Waals surface area contributed by atoms with Gasteiger partial charge in [0.2, 0.25) is 0 Å². The Kier molecular flexibility index (Phi) is 4.03. The molecule has 4 heteroatoms. The predicted octanol–water partition coefficient (Wildman–Crippen LogP) is 2.35. The van der Waals surface area contributed by atoms with Gasteiger partial charge in [0.25, 0.3) is 0 Å². The molecule has 2 aromatic rings. The molecule has 1 saturated heterocycles. The number of nitrogens with two attached hydrogens (primary N) is 1. The topological polar surface area (TPSA) is 53.1 Å². The molecule has 2 unspecified atom stereocenters. The minimum Gasteiger partial charge on any atom is -0.381 e. The van der Waals surface area contributed by atoms with Crippen LogP contribution in [0.4, 0.5) is 0 Å². The van der Waals surface area contributed by atoms with Gasteiger partial charge in [-0.3, -0.25) is 0 Å². The highest BCUT2D eigenvalue weighted by Gasteiger charge is 2.20. The average Bonchev–Trinajstić information content (AvgIpc) is 3.05. The van der Waals surface area contributed by atoms with E-state index in [0.717, 1.165) is 50.4 Å². The molecule has 2 atom stereocenters. The Bertz CT molecular complexity index is 572. The van der Waals surface area contributed by atoms with Crippen LogP contribution in [0.15, 0.2) is 24.3 Å². The first kappa shape index (κ1) is 13.6. The molecule has 0 spiro atoms. The van der Waals surface area contributed by atoms with Crippen LogP contribution in [-0.2, 0) is 17.7 Å². The van der Waals surface area contributed by atoms with Gasteiger partial charge in [0, 0.05) is 32.2 Å². The number of hydrogen-bond donors (Lipinski definition) is 1. The first-order chi connectivity index (χ1) is 9.78. The highest BCUT2D eigenvalue weighted by molar-refractivity contribution is 5.75. The van der Waals surface area contributed by atoms with Crippen LogP contribution in [0.3, 0.4) is 0 Å². The van der Waals surface area contributed by atoms with Crippen molar-refractivity contribution in [3.05, 3.63) is 30.1 Å². The summed E-state index contributed by atoms with van der Waals surface area (Å²) in [5.41, 5.74) is 8.60. The Morgan fingerprint density at radius 1 is 1.45 bits per heavy atom. The molecule has 0 saturated carbocycles. The maximum atomic E-state index is 6.32. The maximum Gasteiger partial charge on any atom is 0.111 e. The normalized spacial score (nSPS) is 20.6. The molecule has 1 aliphatic heterocycles. The molecule has 2 N–H and O–H groups in total. The Hall–Kier alpha value is -1.39. The second-order valence-electron chi connectivity index (χ2n) is 5.69. The van der Waals surface area contributed by atoms with Crippen LogP contribution in [0.5, 0.6) is 0 Å². The van der Waals surface area contributed by atoms with Crippen LogP contribution < -0.4 is 5.73 Å². The number of benzene rings is 1. The molecule has 2 heterocycles. The van der Waals surface area contributed by atoms with Crippen LogP contribution in [0, 0.1) is 5.92 Å². The number of para-hydroxylation sites is 2. The van der Waals surface area contributed by atoms with E-state index in [1.807, 2.05) is 6.07 Å². The largest absolute Gasteiger partial charge is 0.381 e. The van der Waals surface area contributed by atoms with E-state index in [2.05, 4.69) is 29.7 Å². The summed E-state index contributed by atoms with van der Waals surface area (Å²) in [4.78, 5) is 4.75. The molecule has 108 valence electrons. The first-order valence-corrected chi connectivity index (χ1v) is 7.55. The summed E-state index contributed by atoms with van der Waals surface area (Å²) in [5.74, 6) is 1.74. The predicted molar refractivity (Wildman–Crippen MR) is 80.6 cm³/mol. The van der Waals surface area contributed by atoms with Gasteiger partial charge in [-0.05, 0) is 37.8 Å². The summed E-state index contributed by atoms with van der Waals surface area (Å²) >= 11 is 0. The fourth-order valence-electron chi connectivity index (χ4n) is 3.15. The molecule has 0 aliphatic carbocycles. The summed E-state index contributed by atoms with van der Waals surface area (Å²) in [6, 6.07) is 8.47. The van der Waals surface area contributed by atoms with Crippen molar-refractivity contribution in [3.63, 3.8) is 0 Å². The molecule has 1 aromatic heterocycles. The van der Waals surface area contributed by atoms with Crippen molar-refractivity contribution in [1.29, 1.82) is 0 Å². The van der Waals surface area contributed by atoms with Gasteiger partial charge in [0.1, 0.15) is 5.82 Å². The average molecular weight is 273 g/mol. The van der Waals surface area contributed by atoms with Crippen LogP contribution >= 0.6 is 0 Å². The molecule has 4 nitrogen and oxygen atoms in total. The van der Waals surface area contributed by atoms with Crippen LogP contribution in [0.2, 0.25) is 0 Å². The molecule has 1 aliphatic rings. The van der Waals surface area contributed by atoms with Gasteiger partial charge in [0.05, 0.1) is 11.0 Å². The number of rotatable bonds is 5. The second-order valence-corrected chi connectivity index (χ2v) is 5.69. The van der Waals surface area contributed by atoms with Gasteiger partial charge in [-0.2, -0.15) is 0 Å². The van der Waals surface area contributed by atoms with Crippen molar-refractivity contribution >= 4 is 11.0 Å². The van der Waals surface area contributed by atoms with E-state index < -0.39 is 0 Å². The highest BCUT2D eigenvalue weighted by atomic mass is 16.5. The van der Waals surface area contributed by atoms with E-state index in [-0.39, 0.29) is 6.04 Å². The number of hydrogen-bond acceptors (Lipinski definition) is 3. The quantitative estimate of drug-likeness (QED) is 0.910. The lowest BCUT2D eigenvalue weighted by Gasteiger charge is -2.15. The number of aromatic nitrogens is 2. The smallest absolute Gasteiger partial charge is 0.111 e. The zero-order valence-electron chi connectivity index (χ0n) is 12.1. The van der Waals surface area contributed by atoms with E-state index in [9.17, 15) is 0 Å². The molecular weight excluding hydrogens is 250 g/mol. The molecule has 3 rings (SSSR count). The third kappa shape index (κ3) is 2.72. The molecule has 1 fully saturated rings. The fourth-order valence-corrected chi connectivity index (χ4v) is 3.15. The summed E-state index contributed by atoms with van der Waals surface area (Å²) in [6.45, 7) is 4.87. The highest BCUT2D eigenvalue weighted by Crippen LogP contribution is 2.21. The lowest BCUT2D eigenvalue weighted by atomic mass is 9.97. The van der Waals surface area contributed by atoms with Crippen molar-refractivity contribution in [3.8, 4) is 0 Å². The minimum absolute atomic E-state index is 0.170. The van der Waals surface area contributed by atoms with Crippen molar-refractivity contribution < 1.29 is 4.74 Å². The van der Waals surface area contributed by atoms with Gasteiger partial charge >= 0.3 is 0 Å². The van der Waals surface area contributed by atoms with Gasteiger partial charge in [0.15, 0.2) is 0 Å². The molecule has 20 heavy (non-hydrogen) atoms. The number of ether oxygens (including phenoxy) is 1. The first-order valence-electron chi connectivity index (χ1n) is 7.55. The lowest BCUT2D eigenvalue weighted by molar-refractivity contribution is 0.182. The van der Waals surface area contributed by atoms with Gasteiger partial charge < -0.3 is 15.0 Å². The third-order valence-corrected chi connectivity index (χ3v) is 4.15. The number of imidazole rings is 1. The van der Waals surface area contributed by atoms with Crippen LogP contribution in [0.1, 0.15) is 25.6 Å². The maximum absolute atomic E-state index is 6.32. The van der Waals surface area contributed by atoms with E-state index in [4.69, 9.17) is 15.5 Å². The number of nitrogens with zero attached hydrogens (tertiary/aromatic N) is 2. The molecule has 0 radical (unpaired) electrons. The number of fused-ring (bicyclic) bond motifs is 1. The van der Waals surface area contributed by atoms with Gasteiger partial charge in [-0.1, -0.05) is 12.1 Å². The van der Waals surface area contributed by atoms with Crippen molar-refractivity contribution in [2.45, 2.75) is 38.8 Å². The number of aryl methyl sites for hydroxylation is 1. The zero-order valence-corrected chi connectivity index (χ0v) is 12.1. The molecular formula is C16H23N3O. The molecule has 1 aromatic carbocycles. The van der Waals surface area contributed by atoms with E-state index in [0.29, 0.717) is 5.92 Å².